The van der Waals surface area contributed by atoms with Gasteiger partial charge in [0.1, 0.15) is 0 Å². The average Bonchev–Trinajstić information content (AvgIpc) is 2.49. The predicted molar refractivity (Wildman–Crippen MR) is 70.8 cm³/mol. The molecule has 3 nitrogen and oxygen atoms in total. The molecule has 0 bridgehead atoms. The van der Waals surface area contributed by atoms with Crippen molar-refractivity contribution < 1.29 is 9.59 Å². The van der Waals surface area contributed by atoms with Crippen molar-refractivity contribution in [2.24, 2.45) is 0 Å². The fourth-order valence-electron chi connectivity index (χ4n) is 1.65. The molecule has 0 saturated carbocycles. The monoisotopic (exact) mass is 353 g/mol. The molecule has 5 heteroatoms. The molecule has 17 heavy (non-hydrogen) atoms. The van der Waals surface area contributed by atoms with Crippen molar-refractivity contribution in [1.82, 2.24) is 3.12 Å². The quantitative estimate of drug-likeness (QED) is 0.618. The maximum atomic E-state index is 12.1. The van der Waals surface area contributed by atoms with Crippen LogP contribution in [-0.4, -0.2) is 44.4 Å². The first-order valence-electron chi connectivity index (χ1n) is 5.61. The van der Waals surface area contributed by atoms with E-state index in [4.69, 9.17) is 0 Å². The number of nitrogens with zero attached hydrogens (tertiary/aromatic N) is 1. The molecule has 88 valence electrons. The molecule has 0 fully saturated rings. The van der Waals surface area contributed by atoms with Crippen molar-refractivity contribution in [3.63, 3.8) is 0 Å². The summed E-state index contributed by atoms with van der Waals surface area (Å²) in [6.45, 7) is 6.85. The number of imide groups is 1. The van der Waals surface area contributed by atoms with E-state index in [1.165, 1.54) is 0 Å². The van der Waals surface area contributed by atoms with Crippen LogP contribution in [0.1, 0.15) is 20.7 Å². The number of carbonyl (C=O) groups excluding carboxylic acids is 2. The van der Waals surface area contributed by atoms with Crippen molar-refractivity contribution in [2.45, 2.75) is 23.7 Å². The van der Waals surface area contributed by atoms with E-state index in [0.29, 0.717) is 11.1 Å². The third kappa shape index (κ3) is 2.62. The van der Waals surface area contributed by atoms with E-state index < -0.39 is 29.5 Å². The molecule has 1 aliphatic heterocycles. The van der Waals surface area contributed by atoms with Crippen LogP contribution in [0.5, 0.6) is 0 Å². The Morgan fingerprint density at radius 2 is 1.53 bits per heavy atom. The van der Waals surface area contributed by atoms with Gasteiger partial charge in [0.15, 0.2) is 0 Å². The molecule has 1 aliphatic rings. The molecular weight excluding hydrogens is 337 g/mol. The van der Waals surface area contributed by atoms with Crippen LogP contribution in [0.25, 0.3) is 0 Å². The SMILES string of the molecule is C[Si](C)(C)[CH2][Sn][N]1C(=O)c2ccccc2C1=O. The molecular formula is C12H15NO2SiSn. The van der Waals surface area contributed by atoms with E-state index >= 15 is 0 Å². The van der Waals surface area contributed by atoms with Crippen molar-refractivity contribution >= 4 is 41.3 Å². The number of hydrogen-bond donors (Lipinski definition) is 0. The zero-order chi connectivity index (χ0) is 12.6. The van der Waals surface area contributed by atoms with Gasteiger partial charge in [-0.25, -0.2) is 0 Å². The summed E-state index contributed by atoms with van der Waals surface area (Å²) in [5, 5.41) is 0. The molecule has 0 saturated heterocycles. The van der Waals surface area contributed by atoms with E-state index in [0.717, 1.165) is 4.06 Å². The van der Waals surface area contributed by atoms with Crippen LogP contribution < -0.4 is 0 Å². The first-order chi connectivity index (χ1) is 7.90. The summed E-state index contributed by atoms with van der Waals surface area (Å²) < 4.78 is 2.69. The van der Waals surface area contributed by atoms with Crippen LogP contribution in [0.2, 0.25) is 23.7 Å². The fraction of sp³-hybridized carbons (Fsp3) is 0.333. The van der Waals surface area contributed by atoms with Crippen LogP contribution in [0.15, 0.2) is 24.3 Å². The molecule has 2 radical (unpaired) electrons. The minimum atomic E-state index is -1.16. The second-order valence-corrected chi connectivity index (χ2v) is 16.1. The number of fused-ring (bicyclic) bond motifs is 1. The van der Waals surface area contributed by atoms with Gasteiger partial charge in [0.05, 0.1) is 0 Å². The van der Waals surface area contributed by atoms with Gasteiger partial charge in [0, 0.05) is 0 Å². The van der Waals surface area contributed by atoms with E-state index in [-0.39, 0.29) is 11.8 Å². The Morgan fingerprint density at radius 1 is 1.06 bits per heavy atom. The van der Waals surface area contributed by atoms with Gasteiger partial charge in [-0.05, 0) is 0 Å². The molecule has 0 N–H and O–H groups in total. The molecule has 0 spiro atoms. The van der Waals surface area contributed by atoms with Crippen LogP contribution in [-0.2, 0) is 0 Å². The summed E-state index contributed by atoms with van der Waals surface area (Å²) in [5.41, 5.74) is 1.18. The van der Waals surface area contributed by atoms with Crippen LogP contribution in [0.4, 0.5) is 0 Å². The van der Waals surface area contributed by atoms with Gasteiger partial charge < -0.3 is 0 Å². The first kappa shape index (κ1) is 12.8. The van der Waals surface area contributed by atoms with Gasteiger partial charge in [-0.15, -0.1) is 0 Å². The predicted octanol–water partition coefficient (Wildman–Crippen LogP) is 2.20. The fourth-order valence-corrected chi connectivity index (χ4v) is 9.20. The summed E-state index contributed by atoms with van der Waals surface area (Å²) in [4.78, 5) is 24.2. The maximum absolute atomic E-state index is 12.1. The van der Waals surface area contributed by atoms with Crippen molar-refractivity contribution in [1.29, 1.82) is 0 Å². The number of hydrogen-bond acceptors (Lipinski definition) is 2. The van der Waals surface area contributed by atoms with Crippen molar-refractivity contribution in [3.8, 4) is 0 Å². The van der Waals surface area contributed by atoms with E-state index in [9.17, 15) is 9.59 Å². The Morgan fingerprint density at radius 3 is 1.94 bits per heavy atom. The van der Waals surface area contributed by atoms with E-state index in [1.54, 1.807) is 15.3 Å². The Balaban J connectivity index is 2.19. The van der Waals surface area contributed by atoms with Crippen LogP contribution in [0.3, 0.4) is 0 Å². The minimum absolute atomic E-state index is 0.0598. The topological polar surface area (TPSA) is 37.4 Å². The summed E-state index contributed by atoms with van der Waals surface area (Å²) in [6, 6.07) is 7.14. The Bertz CT molecular complexity index is 447. The van der Waals surface area contributed by atoms with Gasteiger partial charge in [-0.2, -0.15) is 0 Å². The summed E-state index contributed by atoms with van der Waals surface area (Å²) in [5.74, 6) is -0.120. The molecule has 0 aromatic heterocycles. The van der Waals surface area contributed by atoms with Crippen LogP contribution in [0, 0.1) is 0 Å². The Kier molecular flexibility index (Phi) is 3.45. The van der Waals surface area contributed by atoms with Gasteiger partial charge in [-0.3, -0.25) is 0 Å². The second kappa shape index (κ2) is 4.57. The molecule has 1 heterocycles. The Hall–Kier alpha value is -0.624. The van der Waals surface area contributed by atoms with Crippen LogP contribution >= 0.6 is 0 Å². The Labute approximate surface area is 113 Å². The third-order valence-corrected chi connectivity index (χ3v) is 16.3. The van der Waals surface area contributed by atoms with Gasteiger partial charge in [0.25, 0.3) is 0 Å². The number of amides is 2. The number of benzene rings is 1. The zero-order valence-electron chi connectivity index (χ0n) is 10.3. The second-order valence-electron chi connectivity index (χ2n) is 5.39. The molecule has 1 aromatic rings. The van der Waals surface area contributed by atoms with Crippen molar-refractivity contribution in [3.05, 3.63) is 35.4 Å². The third-order valence-electron chi connectivity index (χ3n) is 2.56. The zero-order valence-corrected chi connectivity index (χ0v) is 14.1. The molecule has 1 aromatic carbocycles. The average molecular weight is 352 g/mol. The van der Waals surface area contributed by atoms with E-state index in [1.807, 2.05) is 12.1 Å². The number of rotatable bonds is 3. The van der Waals surface area contributed by atoms with Gasteiger partial charge >= 0.3 is 113 Å². The molecule has 0 unspecified atom stereocenters. The molecule has 2 amide bonds. The normalized spacial score (nSPS) is 15.4. The first-order valence-corrected chi connectivity index (χ1v) is 12.6. The standard InChI is InChI=1S/C8H5NO2.C4H11Si.Sn/c10-7-5-3-1-2-4-6(5)8(11)9-7;1-5(2,3)4;/h1-4H,(H,9,10,11);1H2,2-4H3;/q;;+1/p-1. The van der Waals surface area contributed by atoms with Gasteiger partial charge in [0.2, 0.25) is 0 Å². The van der Waals surface area contributed by atoms with Gasteiger partial charge in [-0.1, -0.05) is 0 Å². The molecule has 2 rings (SSSR count). The van der Waals surface area contributed by atoms with Crippen molar-refractivity contribution in [2.75, 3.05) is 0 Å². The van der Waals surface area contributed by atoms with E-state index in [2.05, 4.69) is 19.6 Å². The summed E-state index contributed by atoms with van der Waals surface area (Å²) in [7, 11) is -1.16. The molecule has 0 aliphatic carbocycles. The summed E-state index contributed by atoms with van der Waals surface area (Å²) in [6.07, 6.45) is 0. The number of carbonyl (C=O) groups is 2. The molecule has 0 atom stereocenters. The summed E-state index contributed by atoms with van der Waals surface area (Å²) >= 11 is -1.08.